The molecule has 1 atom stereocenters. The molecule has 0 aliphatic carbocycles. The molecule has 2 N–H and O–H groups in total. The predicted octanol–water partition coefficient (Wildman–Crippen LogP) is 1.81. The molecule has 6 heteroatoms. The van der Waals surface area contributed by atoms with E-state index in [0.29, 0.717) is 5.69 Å². The Morgan fingerprint density at radius 2 is 1.94 bits per heavy atom. The molecule has 2 aromatic rings. The molecule has 4 nitrogen and oxygen atoms in total. The lowest BCUT2D eigenvalue weighted by molar-refractivity contribution is 0.386. The first-order valence-electron chi connectivity index (χ1n) is 5.19. The molecule has 94 valence electrons. The molecule has 18 heavy (non-hydrogen) atoms. The van der Waals surface area contributed by atoms with E-state index >= 15 is 0 Å². The first-order chi connectivity index (χ1) is 8.63. The Bertz CT molecular complexity index is 563. The van der Waals surface area contributed by atoms with Crippen LogP contribution in [-0.2, 0) is 0 Å². The van der Waals surface area contributed by atoms with Gasteiger partial charge >= 0.3 is 0 Å². The first-order valence-corrected chi connectivity index (χ1v) is 5.19. The molecule has 0 aliphatic heterocycles. The van der Waals surface area contributed by atoms with Gasteiger partial charge in [0.05, 0.1) is 13.2 Å². The average molecular weight is 251 g/mol. The van der Waals surface area contributed by atoms with Crippen molar-refractivity contribution in [1.82, 2.24) is 9.97 Å². The molecule has 1 aromatic carbocycles. The van der Waals surface area contributed by atoms with Crippen molar-refractivity contribution >= 4 is 0 Å². The number of benzene rings is 1. The molecule has 0 bridgehead atoms. The van der Waals surface area contributed by atoms with Gasteiger partial charge in [0, 0.05) is 24.0 Å². The van der Waals surface area contributed by atoms with Gasteiger partial charge in [-0.2, -0.15) is 0 Å². The van der Waals surface area contributed by atoms with Gasteiger partial charge in [-0.1, -0.05) is 6.07 Å². The van der Waals surface area contributed by atoms with Gasteiger partial charge in [0.25, 0.3) is 0 Å². The number of ether oxygens (including phenoxy) is 1. The molecule has 0 saturated heterocycles. The van der Waals surface area contributed by atoms with Crippen LogP contribution in [0.2, 0.25) is 0 Å². The molecule has 0 aliphatic rings. The van der Waals surface area contributed by atoms with E-state index in [1.807, 2.05) is 0 Å². The molecule has 1 heterocycles. The minimum absolute atomic E-state index is 0.134. The second-order valence-electron chi connectivity index (χ2n) is 3.59. The van der Waals surface area contributed by atoms with Gasteiger partial charge in [-0.05, 0) is 6.07 Å². The van der Waals surface area contributed by atoms with Crippen LogP contribution in [0.15, 0.2) is 30.6 Å². The van der Waals surface area contributed by atoms with Crippen molar-refractivity contribution in [2.75, 3.05) is 7.11 Å². The third-order valence-corrected chi connectivity index (χ3v) is 2.48. The van der Waals surface area contributed by atoms with Crippen LogP contribution in [0.1, 0.15) is 17.3 Å². The van der Waals surface area contributed by atoms with Gasteiger partial charge < -0.3 is 10.5 Å². The van der Waals surface area contributed by atoms with E-state index in [9.17, 15) is 8.78 Å². The third-order valence-electron chi connectivity index (χ3n) is 2.48. The summed E-state index contributed by atoms with van der Waals surface area (Å²) in [5.41, 5.74) is 6.33. The van der Waals surface area contributed by atoms with Crippen LogP contribution in [0.3, 0.4) is 0 Å². The van der Waals surface area contributed by atoms with Crippen molar-refractivity contribution in [2.45, 2.75) is 6.04 Å². The zero-order chi connectivity index (χ0) is 13.1. The largest absolute Gasteiger partial charge is 0.480 e. The lowest BCUT2D eigenvalue weighted by Gasteiger charge is -2.14. The number of hydrogen-bond acceptors (Lipinski definition) is 4. The summed E-state index contributed by atoms with van der Waals surface area (Å²) in [4.78, 5) is 7.95. The molecule has 0 fully saturated rings. The normalized spacial score (nSPS) is 12.2. The molecule has 0 amide bonds. The lowest BCUT2D eigenvalue weighted by atomic mass is 10.0. The second kappa shape index (κ2) is 5.05. The van der Waals surface area contributed by atoms with E-state index in [-0.39, 0.29) is 11.4 Å². The summed E-state index contributed by atoms with van der Waals surface area (Å²) in [7, 11) is 1.42. The second-order valence-corrected chi connectivity index (χ2v) is 3.59. The number of rotatable bonds is 3. The van der Waals surface area contributed by atoms with Crippen molar-refractivity contribution in [3.05, 3.63) is 53.5 Å². The monoisotopic (exact) mass is 251 g/mol. The Morgan fingerprint density at radius 3 is 2.61 bits per heavy atom. The SMILES string of the molecule is COc1nccnc1C(N)c1ccc(F)cc1F. The quantitative estimate of drug-likeness (QED) is 0.903. The molecule has 0 saturated carbocycles. The minimum atomic E-state index is -0.866. The highest BCUT2D eigenvalue weighted by Crippen LogP contribution is 2.26. The topological polar surface area (TPSA) is 61.0 Å². The fraction of sp³-hybridized carbons (Fsp3) is 0.167. The Kier molecular flexibility index (Phi) is 3.47. The summed E-state index contributed by atoms with van der Waals surface area (Å²) in [6, 6.07) is 2.33. The van der Waals surface area contributed by atoms with Crippen molar-refractivity contribution in [2.24, 2.45) is 5.73 Å². The third kappa shape index (κ3) is 2.28. The molecule has 1 aromatic heterocycles. The summed E-state index contributed by atoms with van der Waals surface area (Å²) in [5.74, 6) is -1.17. The van der Waals surface area contributed by atoms with Gasteiger partial charge in [0.15, 0.2) is 0 Å². The highest BCUT2D eigenvalue weighted by atomic mass is 19.1. The standard InChI is InChI=1S/C12H11F2N3O/c1-18-12-11(16-4-5-17-12)10(15)8-3-2-7(13)6-9(8)14/h2-6,10H,15H2,1H3. The maximum absolute atomic E-state index is 13.6. The molecule has 1 unspecified atom stereocenters. The zero-order valence-electron chi connectivity index (χ0n) is 9.60. The van der Waals surface area contributed by atoms with Crippen LogP contribution in [0.25, 0.3) is 0 Å². The van der Waals surface area contributed by atoms with Crippen molar-refractivity contribution in [1.29, 1.82) is 0 Å². The van der Waals surface area contributed by atoms with Crippen LogP contribution in [0.4, 0.5) is 8.78 Å². The number of hydrogen-bond donors (Lipinski definition) is 1. The van der Waals surface area contributed by atoms with Crippen molar-refractivity contribution < 1.29 is 13.5 Å². The van der Waals surface area contributed by atoms with E-state index in [4.69, 9.17) is 10.5 Å². The van der Waals surface area contributed by atoms with Crippen LogP contribution in [0, 0.1) is 11.6 Å². The van der Waals surface area contributed by atoms with Gasteiger partial charge in [0.1, 0.15) is 17.3 Å². The number of aromatic nitrogens is 2. The average Bonchev–Trinajstić information content (AvgIpc) is 2.38. The van der Waals surface area contributed by atoms with Gasteiger partial charge in [-0.15, -0.1) is 0 Å². The summed E-state index contributed by atoms with van der Waals surface area (Å²) in [5, 5.41) is 0. The zero-order valence-corrected chi connectivity index (χ0v) is 9.60. The lowest BCUT2D eigenvalue weighted by Crippen LogP contribution is -2.17. The van der Waals surface area contributed by atoms with E-state index < -0.39 is 17.7 Å². The van der Waals surface area contributed by atoms with E-state index in [0.717, 1.165) is 12.1 Å². The summed E-state index contributed by atoms with van der Waals surface area (Å²) >= 11 is 0. The Labute approximate surface area is 102 Å². The Hall–Kier alpha value is -2.08. The smallest absolute Gasteiger partial charge is 0.237 e. The van der Waals surface area contributed by atoms with Crippen molar-refractivity contribution in [3.63, 3.8) is 0 Å². The van der Waals surface area contributed by atoms with E-state index in [1.165, 1.54) is 25.6 Å². The predicted molar refractivity (Wildman–Crippen MR) is 61.0 cm³/mol. The van der Waals surface area contributed by atoms with E-state index in [1.54, 1.807) is 0 Å². The molecule has 0 spiro atoms. The number of methoxy groups -OCH3 is 1. The first kappa shape index (κ1) is 12.4. The maximum Gasteiger partial charge on any atom is 0.237 e. The molecule has 0 radical (unpaired) electrons. The highest BCUT2D eigenvalue weighted by Gasteiger charge is 2.19. The van der Waals surface area contributed by atoms with Gasteiger partial charge in [-0.25, -0.2) is 13.8 Å². The minimum Gasteiger partial charge on any atom is -0.480 e. The highest BCUT2D eigenvalue weighted by molar-refractivity contribution is 5.33. The van der Waals surface area contributed by atoms with Crippen LogP contribution in [-0.4, -0.2) is 17.1 Å². The Morgan fingerprint density at radius 1 is 1.22 bits per heavy atom. The van der Waals surface area contributed by atoms with Crippen LogP contribution in [0.5, 0.6) is 5.88 Å². The summed E-state index contributed by atoms with van der Waals surface area (Å²) in [6.07, 6.45) is 2.87. The Balaban J connectivity index is 2.44. The van der Waals surface area contributed by atoms with Gasteiger partial charge in [0.2, 0.25) is 5.88 Å². The van der Waals surface area contributed by atoms with Crippen LogP contribution >= 0.6 is 0 Å². The number of nitrogens with two attached hydrogens (primary N) is 1. The maximum atomic E-state index is 13.6. The summed E-state index contributed by atoms with van der Waals surface area (Å²) < 4.78 is 31.4. The van der Waals surface area contributed by atoms with Gasteiger partial charge in [-0.3, -0.25) is 4.98 Å². The molecular formula is C12H11F2N3O. The number of halogens is 2. The van der Waals surface area contributed by atoms with E-state index in [2.05, 4.69) is 9.97 Å². The van der Waals surface area contributed by atoms with Crippen molar-refractivity contribution in [3.8, 4) is 5.88 Å². The number of nitrogens with zero attached hydrogens (tertiary/aromatic N) is 2. The molecular weight excluding hydrogens is 240 g/mol. The fourth-order valence-electron chi connectivity index (χ4n) is 1.61. The van der Waals surface area contributed by atoms with Crippen LogP contribution < -0.4 is 10.5 Å². The molecule has 2 rings (SSSR count). The summed E-state index contributed by atoms with van der Waals surface area (Å²) in [6.45, 7) is 0. The fourth-order valence-corrected chi connectivity index (χ4v) is 1.61.